The van der Waals surface area contributed by atoms with Crippen molar-refractivity contribution >= 4 is 29.2 Å². The van der Waals surface area contributed by atoms with Crippen molar-refractivity contribution in [3.05, 3.63) is 54.3 Å². The monoisotopic (exact) mass is 396 g/mol. The molecular formula is C21H24N4O4. The van der Waals surface area contributed by atoms with E-state index in [4.69, 9.17) is 4.52 Å². The number of anilines is 2. The highest BCUT2D eigenvalue weighted by Crippen LogP contribution is 2.18. The van der Waals surface area contributed by atoms with E-state index in [9.17, 15) is 14.4 Å². The number of para-hydroxylation sites is 1. The van der Waals surface area contributed by atoms with Crippen molar-refractivity contribution in [2.24, 2.45) is 0 Å². The quantitative estimate of drug-likeness (QED) is 0.700. The third kappa shape index (κ3) is 6.03. The molecule has 0 radical (unpaired) electrons. The maximum Gasteiger partial charge on any atom is 0.251 e. The van der Waals surface area contributed by atoms with Crippen molar-refractivity contribution in [3.8, 4) is 0 Å². The number of aromatic nitrogens is 1. The van der Waals surface area contributed by atoms with Crippen LogP contribution in [0.1, 0.15) is 31.4 Å². The summed E-state index contributed by atoms with van der Waals surface area (Å²) in [7, 11) is 0. The lowest BCUT2D eigenvalue weighted by atomic mass is 10.2. The summed E-state index contributed by atoms with van der Waals surface area (Å²) in [6.45, 7) is 1.59. The van der Waals surface area contributed by atoms with Gasteiger partial charge in [0.05, 0.1) is 0 Å². The third-order valence-corrected chi connectivity index (χ3v) is 4.61. The molecule has 0 saturated heterocycles. The smallest absolute Gasteiger partial charge is 0.251 e. The van der Waals surface area contributed by atoms with E-state index in [0.717, 1.165) is 37.8 Å². The fraction of sp³-hybridized carbons (Fsp3) is 0.333. The lowest BCUT2D eigenvalue weighted by Gasteiger charge is -2.22. The Morgan fingerprint density at radius 3 is 2.55 bits per heavy atom. The Kier molecular flexibility index (Phi) is 6.78. The molecule has 0 spiro atoms. The standard InChI is InChI=1S/C21H24N4O4/c1-15-13-18(24-29-15)23-19(26)11-12-21(28)25(17-9-3-2-4-10-17)14-20(27)22-16-7-5-6-8-16/h2-4,9-13,16H,5-8,14H2,1H3,(H,22,27)(H,23,24,26). The van der Waals surface area contributed by atoms with E-state index in [1.54, 1.807) is 37.3 Å². The van der Waals surface area contributed by atoms with Crippen molar-refractivity contribution in [3.63, 3.8) is 0 Å². The Hall–Kier alpha value is -3.42. The Balaban J connectivity index is 1.65. The molecule has 8 nitrogen and oxygen atoms in total. The normalized spacial score (nSPS) is 14.1. The van der Waals surface area contributed by atoms with Crippen LogP contribution < -0.4 is 15.5 Å². The molecule has 1 aliphatic carbocycles. The zero-order chi connectivity index (χ0) is 20.6. The molecule has 1 fully saturated rings. The first-order chi connectivity index (χ1) is 14.0. The zero-order valence-electron chi connectivity index (χ0n) is 16.3. The average molecular weight is 396 g/mol. The molecular weight excluding hydrogens is 372 g/mol. The summed E-state index contributed by atoms with van der Waals surface area (Å²) in [5.41, 5.74) is 0.580. The Bertz CT molecular complexity index is 885. The fourth-order valence-corrected chi connectivity index (χ4v) is 3.22. The first-order valence-corrected chi connectivity index (χ1v) is 9.59. The van der Waals surface area contributed by atoms with Gasteiger partial charge in [-0.3, -0.25) is 19.3 Å². The van der Waals surface area contributed by atoms with Gasteiger partial charge in [-0.2, -0.15) is 0 Å². The van der Waals surface area contributed by atoms with Crippen LogP contribution in [0.15, 0.2) is 53.1 Å². The van der Waals surface area contributed by atoms with Crippen LogP contribution in [0.2, 0.25) is 0 Å². The second kappa shape index (κ2) is 9.68. The number of carbonyl (C=O) groups excluding carboxylic acids is 3. The number of hydrogen-bond acceptors (Lipinski definition) is 5. The lowest BCUT2D eigenvalue weighted by molar-refractivity contribution is -0.122. The summed E-state index contributed by atoms with van der Waals surface area (Å²) in [5, 5.41) is 9.15. The largest absolute Gasteiger partial charge is 0.360 e. The number of nitrogens with zero attached hydrogens (tertiary/aromatic N) is 2. The second-order valence-corrected chi connectivity index (χ2v) is 6.95. The predicted molar refractivity (Wildman–Crippen MR) is 108 cm³/mol. The third-order valence-electron chi connectivity index (χ3n) is 4.61. The molecule has 1 heterocycles. The van der Waals surface area contributed by atoms with Crippen LogP contribution in [-0.2, 0) is 14.4 Å². The predicted octanol–water partition coefficient (Wildman–Crippen LogP) is 2.57. The summed E-state index contributed by atoms with van der Waals surface area (Å²) < 4.78 is 4.88. The van der Waals surface area contributed by atoms with E-state index in [1.165, 1.54) is 4.90 Å². The van der Waals surface area contributed by atoms with Gasteiger partial charge in [-0.25, -0.2) is 0 Å². The minimum absolute atomic E-state index is 0.117. The molecule has 0 bridgehead atoms. The number of rotatable bonds is 7. The van der Waals surface area contributed by atoms with Gasteiger partial charge in [-0.15, -0.1) is 0 Å². The van der Waals surface area contributed by atoms with Crippen molar-refractivity contribution < 1.29 is 18.9 Å². The molecule has 29 heavy (non-hydrogen) atoms. The highest BCUT2D eigenvalue weighted by molar-refractivity contribution is 6.09. The van der Waals surface area contributed by atoms with E-state index in [0.29, 0.717) is 11.4 Å². The summed E-state index contributed by atoms with van der Waals surface area (Å²) >= 11 is 0. The lowest BCUT2D eigenvalue weighted by Crippen LogP contribution is -2.43. The average Bonchev–Trinajstić information content (AvgIpc) is 3.36. The molecule has 152 valence electrons. The molecule has 3 amide bonds. The summed E-state index contributed by atoms with van der Waals surface area (Å²) in [6, 6.07) is 10.6. The molecule has 2 N–H and O–H groups in total. The Morgan fingerprint density at radius 2 is 1.90 bits per heavy atom. The van der Waals surface area contributed by atoms with Crippen molar-refractivity contribution in [2.45, 2.75) is 38.6 Å². The maximum atomic E-state index is 12.7. The second-order valence-electron chi connectivity index (χ2n) is 6.95. The van der Waals surface area contributed by atoms with Gasteiger partial charge < -0.3 is 15.2 Å². The van der Waals surface area contributed by atoms with Gasteiger partial charge in [-0.05, 0) is 31.9 Å². The summed E-state index contributed by atoms with van der Waals surface area (Å²) in [4.78, 5) is 38.5. The Labute approximate surface area is 168 Å². The van der Waals surface area contributed by atoms with Gasteiger partial charge in [-0.1, -0.05) is 36.2 Å². The van der Waals surface area contributed by atoms with Gasteiger partial charge in [0, 0.05) is 29.9 Å². The van der Waals surface area contributed by atoms with Crippen LogP contribution in [0.25, 0.3) is 0 Å². The molecule has 1 saturated carbocycles. The maximum absolute atomic E-state index is 12.7. The fourth-order valence-electron chi connectivity index (χ4n) is 3.22. The van der Waals surface area contributed by atoms with Gasteiger partial charge >= 0.3 is 0 Å². The first-order valence-electron chi connectivity index (χ1n) is 9.59. The molecule has 1 aliphatic rings. The van der Waals surface area contributed by atoms with E-state index in [-0.39, 0.29) is 24.3 Å². The minimum atomic E-state index is -0.518. The number of nitrogens with one attached hydrogen (secondary N) is 2. The van der Waals surface area contributed by atoms with Crippen LogP contribution in [0.5, 0.6) is 0 Å². The molecule has 8 heteroatoms. The van der Waals surface area contributed by atoms with Crippen molar-refractivity contribution in [2.75, 3.05) is 16.8 Å². The number of benzene rings is 1. The molecule has 2 aromatic rings. The first kappa shape index (κ1) is 20.3. The number of amides is 3. The number of hydrogen-bond donors (Lipinski definition) is 2. The zero-order valence-corrected chi connectivity index (χ0v) is 16.3. The van der Waals surface area contributed by atoms with Gasteiger partial charge in [0.15, 0.2) is 5.82 Å². The van der Waals surface area contributed by atoms with Gasteiger partial charge in [0.25, 0.3) is 5.91 Å². The summed E-state index contributed by atoms with van der Waals surface area (Å²) in [5.74, 6) is -0.381. The van der Waals surface area contributed by atoms with Crippen molar-refractivity contribution in [1.82, 2.24) is 10.5 Å². The molecule has 1 aromatic carbocycles. The summed E-state index contributed by atoms with van der Waals surface area (Å²) in [6.07, 6.45) is 6.39. The van der Waals surface area contributed by atoms with Crippen LogP contribution in [0.4, 0.5) is 11.5 Å². The number of aryl methyl sites for hydroxylation is 1. The topological polar surface area (TPSA) is 105 Å². The van der Waals surface area contributed by atoms with Crippen LogP contribution >= 0.6 is 0 Å². The van der Waals surface area contributed by atoms with Crippen LogP contribution in [0, 0.1) is 6.92 Å². The minimum Gasteiger partial charge on any atom is -0.360 e. The van der Waals surface area contributed by atoms with E-state index in [2.05, 4.69) is 15.8 Å². The molecule has 1 aromatic heterocycles. The molecule has 0 aliphatic heterocycles. The van der Waals surface area contributed by atoms with E-state index in [1.807, 2.05) is 6.07 Å². The molecule has 0 unspecified atom stereocenters. The van der Waals surface area contributed by atoms with Crippen molar-refractivity contribution in [1.29, 1.82) is 0 Å². The Morgan fingerprint density at radius 1 is 1.17 bits per heavy atom. The van der Waals surface area contributed by atoms with E-state index >= 15 is 0 Å². The van der Waals surface area contributed by atoms with E-state index < -0.39 is 11.8 Å². The molecule has 0 atom stereocenters. The van der Waals surface area contributed by atoms with Gasteiger partial charge in [0.1, 0.15) is 12.3 Å². The van der Waals surface area contributed by atoms with Crippen LogP contribution in [-0.4, -0.2) is 35.5 Å². The number of carbonyl (C=O) groups is 3. The van der Waals surface area contributed by atoms with Gasteiger partial charge in [0.2, 0.25) is 11.8 Å². The highest BCUT2D eigenvalue weighted by Gasteiger charge is 2.21. The molecule has 3 rings (SSSR count). The highest BCUT2D eigenvalue weighted by atomic mass is 16.5. The SMILES string of the molecule is Cc1cc(NC(=O)C=CC(=O)N(CC(=O)NC2CCCC2)c2ccccc2)no1. The van der Waals surface area contributed by atoms with Crippen LogP contribution in [0.3, 0.4) is 0 Å².